The minimum atomic E-state index is -1.36. The molecular weight excluding hydrogens is 170 g/mol. The van der Waals surface area contributed by atoms with Gasteiger partial charge in [0.15, 0.2) is 0 Å². The number of esters is 1. The van der Waals surface area contributed by atoms with Gasteiger partial charge in [-0.2, -0.15) is 0 Å². The highest BCUT2D eigenvalue weighted by Gasteiger charge is 2.21. The van der Waals surface area contributed by atoms with E-state index in [4.69, 9.17) is 4.74 Å². The summed E-state index contributed by atoms with van der Waals surface area (Å²) in [5.41, 5.74) is 0. The van der Waals surface area contributed by atoms with Crippen LogP contribution in [0.4, 0.5) is 0 Å². The first-order chi connectivity index (χ1) is 5.37. The number of ether oxygens (including phenoxy) is 1. The third-order valence-corrected chi connectivity index (χ3v) is 2.59. The summed E-state index contributed by atoms with van der Waals surface area (Å²) < 4.78 is 4.87. The molecule has 0 aromatic carbocycles. The highest BCUT2D eigenvalue weighted by molar-refractivity contribution is 6.73. The molecule has 0 saturated heterocycles. The van der Waals surface area contributed by atoms with Crippen LogP contribution in [0.5, 0.6) is 0 Å². The minimum Gasteiger partial charge on any atom is -0.465 e. The summed E-state index contributed by atoms with van der Waals surface area (Å²) in [5, 5.41) is 0. The molecule has 1 atom stereocenters. The molecule has 0 aromatic rings. The fraction of sp³-hybridized carbons (Fsp3) is 0.875. The van der Waals surface area contributed by atoms with E-state index < -0.39 is 8.24 Å². The maximum Gasteiger partial charge on any atom is 0.322 e. The van der Waals surface area contributed by atoms with Gasteiger partial charge in [0.25, 0.3) is 0 Å². The van der Waals surface area contributed by atoms with Crippen molar-refractivity contribution in [3.8, 4) is 0 Å². The smallest absolute Gasteiger partial charge is 0.322 e. The number of carbonyl (C=O) groups excluding carboxylic acids is 1. The van der Waals surface area contributed by atoms with Crippen LogP contribution in [0.25, 0.3) is 0 Å². The summed E-state index contributed by atoms with van der Waals surface area (Å²) in [4.78, 5) is 14.4. The van der Waals surface area contributed by atoms with E-state index in [9.17, 15) is 4.79 Å². The monoisotopic (exact) mass is 189 g/mol. The third-order valence-electron chi connectivity index (χ3n) is 1.29. The van der Waals surface area contributed by atoms with Crippen molar-refractivity contribution in [2.24, 2.45) is 0 Å². The molecule has 0 heterocycles. The van der Waals surface area contributed by atoms with Crippen LogP contribution in [0.1, 0.15) is 13.8 Å². The standard InChI is InChI=1S/C8H19NO2Si/c1-6-11-8(10)7(2)9-12(3,4)5/h7,9H,6H2,1-5H3/t7-/m0/s1. The minimum absolute atomic E-state index is 0.153. The molecule has 0 spiro atoms. The van der Waals surface area contributed by atoms with E-state index in [0.29, 0.717) is 6.61 Å². The van der Waals surface area contributed by atoms with Crippen LogP contribution in [0.2, 0.25) is 19.6 Å². The van der Waals surface area contributed by atoms with Crippen molar-refractivity contribution >= 4 is 14.2 Å². The Kier molecular flexibility index (Phi) is 4.48. The van der Waals surface area contributed by atoms with Crippen molar-refractivity contribution in [3.05, 3.63) is 0 Å². The average Bonchev–Trinajstić information content (AvgIpc) is 1.84. The summed E-state index contributed by atoms with van der Waals surface area (Å²) in [6.07, 6.45) is 0. The molecule has 4 heteroatoms. The van der Waals surface area contributed by atoms with Gasteiger partial charge in [0.05, 0.1) is 12.6 Å². The lowest BCUT2D eigenvalue weighted by molar-refractivity contribution is -0.144. The summed E-state index contributed by atoms with van der Waals surface area (Å²) >= 11 is 0. The van der Waals surface area contributed by atoms with Gasteiger partial charge in [0.2, 0.25) is 0 Å². The summed E-state index contributed by atoms with van der Waals surface area (Å²) in [7, 11) is -1.36. The van der Waals surface area contributed by atoms with E-state index in [2.05, 4.69) is 24.6 Å². The molecular formula is C8H19NO2Si. The van der Waals surface area contributed by atoms with Gasteiger partial charge in [0, 0.05) is 0 Å². The zero-order valence-electron chi connectivity index (χ0n) is 8.60. The number of carbonyl (C=O) groups is 1. The Bertz CT molecular complexity index is 154. The Morgan fingerprint density at radius 2 is 2.00 bits per heavy atom. The molecule has 3 nitrogen and oxygen atoms in total. The Morgan fingerprint density at radius 3 is 2.33 bits per heavy atom. The van der Waals surface area contributed by atoms with Gasteiger partial charge in [-0.15, -0.1) is 0 Å². The number of nitrogens with one attached hydrogen (secondary N) is 1. The molecule has 0 fully saturated rings. The molecule has 0 aliphatic rings. The molecule has 12 heavy (non-hydrogen) atoms. The van der Waals surface area contributed by atoms with Crippen molar-refractivity contribution in [1.29, 1.82) is 0 Å². The van der Waals surface area contributed by atoms with Crippen LogP contribution in [0, 0.1) is 0 Å². The lowest BCUT2D eigenvalue weighted by Gasteiger charge is -2.22. The number of hydrogen-bond donors (Lipinski definition) is 1. The van der Waals surface area contributed by atoms with E-state index >= 15 is 0 Å². The van der Waals surface area contributed by atoms with E-state index in [0.717, 1.165) is 0 Å². The van der Waals surface area contributed by atoms with Crippen LogP contribution in [0.3, 0.4) is 0 Å². The molecule has 0 radical (unpaired) electrons. The van der Waals surface area contributed by atoms with Crippen molar-refractivity contribution in [2.75, 3.05) is 6.61 Å². The predicted octanol–water partition coefficient (Wildman–Crippen LogP) is 1.36. The van der Waals surface area contributed by atoms with E-state index in [1.54, 1.807) is 0 Å². The van der Waals surface area contributed by atoms with Crippen molar-refractivity contribution in [1.82, 2.24) is 4.98 Å². The molecule has 0 amide bonds. The Labute approximate surface area is 75.6 Å². The first-order valence-electron chi connectivity index (χ1n) is 4.31. The largest absolute Gasteiger partial charge is 0.465 e. The van der Waals surface area contributed by atoms with Crippen LogP contribution < -0.4 is 4.98 Å². The highest BCUT2D eigenvalue weighted by atomic mass is 28.3. The molecule has 0 aliphatic carbocycles. The SMILES string of the molecule is CCOC(=O)[C@H](C)N[Si](C)(C)C. The maximum atomic E-state index is 11.2. The molecule has 0 aliphatic heterocycles. The quantitative estimate of drug-likeness (QED) is 0.536. The van der Waals surface area contributed by atoms with E-state index in [1.807, 2.05) is 13.8 Å². The van der Waals surface area contributed by atoms with Gasteiger partial charge in [0.1, 0.15) is 8.24 Å². The number of hydrogen-bond acceptors (Lipinski definition) is 3. The molecule has 1 N–H and O–H groups in total. The second-order valence-corrected chi connectivity index (χ2v) is 8.66. The maximum absolute atomic E-state index is 11.2. The zero-order valence-corrected chi connectivity index (χ0v) is 9.60. The lowest BCUT2D eigenvalue weighted by atomic mass is 10.4. The van der Waals surface area contributed by atoms with Gasteiger partial charge in [-0.3, -0.25) is 4.79 Å². The molecule has 72 valence electrons. The third kappa shape index (κ3) is 5.32. The fourth-order valence-electron chi connectivity index (χ4n) is 0.976. The van der Waals surface area contributed by atoms with Gasteiger partial charge in [-0.25, -0.2) is 0 Å². The average molecular weight is 189 g/mol. The van der Waals surface area contributed by atoms with Crippen molar-refractivity contribution < 1.29 is 9.53 Å². The molecule has 0 bridgehead atoms. The molecule has 0 rings (SSSR count). The second kappa shape index (κ2) is 4.62. The summed E-state index contributed by atoms with van der Waals surface area (Å²) in [6, 6.07) is -0.170. The molecule has 0 saturated carbocycles. The highest BCUT2D eigenvalue weighted by Crippen LogP contribution is 1.98. The van der Waals surface area contributed by atoms with Crippen molar-refractivity contribution in [2.45, 2.75) is 39.5 Å². The van der Waals surface area contributed by atoms with Gasteiger partial charge < -0.3 is 9.72 Å². The Hall–Kier alpha value is -0.353. The van der Waals surface area contributed by atoms with Gasteiger partial charge in [-0.05, 0) is 13.8 Å². The molecule has 0 unspecified atom stereocenters. The van der Waals surface area contributed by atoms with Crippen LogP contribution in [0.15, 0.2) is 0 Å². The first-order valence-corrected chi connectivity index (χ1v) is 7.81. The first kappa shape index (κ1) is 11.6. The normalized spacial score (nSPS) is 14.1. The summed E-state index contributed by atoms with van der Waals surface area (Å²) in [6.45, 7) is 10.6. The Balaban J connectivity index is 3.87. The number of rotatable bonds is 4. The van der Waals surface area contributed by atoms with Crippen LogP contribution in [-0.2, 0) is 9.53 Å². The van der Waals surface area contributed by atoms with E-state index in [1.165, 1.54) is 0 Å². The van der Waals surface area contributed by atoms with Crippen LogP contribution >= 0.6 is 0 Å². The van der Waals surface area contributed by atoms with Gasteiger partial charge in [-0.1, -0.05) is 19.6 Å². The van der Waals surface area contributed by atoms with Crippen LogP contribution in [-0.4, -0.2) is 26.9 Å². The second-order valence-electron chi connectivity index (χ2n) is 3.87. The molecule has 0 aromatic heterocycles. The topological polar surface area (TPSA) is 38.3 Å². The lowest BCUT2D eigenvalue weighted by Crippen LogP contribution is -2.50. The zero-order chi connectivity index (χ0) is 9.78. The summed E-state index contributed by atoms with van der Waals surface area (Å²) in [5.74, 6) is -0.153. The van der Waals surface area contributed by atoms with E-state index in [-0.39, 0.29) is 12.0 Å². The fourth-order valence-corrected chi connectivity index (χ4v) is 2.39. The Morgan fingerprint density at radius 1 is 1.50 bits per heavy atom. The van der Waals surface area contributed by atoms with Crippen molar-refractivity contribution in [3.63, 3.8) is 0 Å². The predicted molar refractivity (Wildman–Crippen MR) is 52.6 cm³/mol. The van der Waals surface area contributed by atoms with Gasteiger partial charge >= 0.3 is 5.97 Å².